The van der Waals surface area contributed by atoms with Gasteiger partial charge in [-0.3, -0.25) is 4.98 Å². The summed E-state index contributed by atoms with van der Waals surface area (Å²) in [5, 5.41) is 12.9. The molecule has 0 saturated heterocycles. The van der Waals surface area contributed by atoms with E-state index in [0.29, 0.717) is 12.6 Å². The summed E-state index contributed by atoms with van der Waals surface area (Å²) in [5.41, 5.74) is 1.23. The molecule has 1 atom stereocenters. The molecule has 0 aromatic carbocycles. The van der Waals surface area contributed by atoms with Crippen LogP contribution in [0.2, 0.25) is 0 Å². The van der Waals surface area contributed by atoms with Gasteiger partial charge in [0.05, 0.1) is 6.10 Å². The molecule has 0 aliphatic rings. The summed E-state index contributed by atoms with van der Waals surface area (Å²) in [4.78, 5) is 3.96. The molecule has 0 radical (unpaired) electrons. The molecular formula is C12H20N2O. The number of hydrogen-bond acceptors (Lipinski definition) is 3. The molecule has 1 rings (SSSR count). The summed E-state index contributed by atoms with van der Waals surface area (Å²) in [6, 6.07) is 4.41. The number of pyridine rings is 1. The Kier molecular flexibility index (Phi) is 5.29. The zero-order valence-corrected chi connectivity index (χ0v) is 9.48. The first-order chi connectivity index (χ1) is 7.18. The van der Waals surface area contributed by atoms with Gasteiger partial charge in [-0.25, -0.2) is 0 Å². The van der Waals surface area contributed by atoms with Crippen LogP contribution >= 0.6 is 0 Å². The molecule has 1 heterocycles. The van der Waals surface area contributed by atoms with Gasteiger partial charge in [0.25, 0.3) is 0 Å². The highest BCUT2D eigenvalue weighted by Gasteiger charge is 2.04. The average Bonchev–Trinajstić information content (AvgIpc) is 2.25. The highest BCUT2D eigenvalue weighted by molar-refractivity contribution is 5.09. The predicted molar refractivity (Wildman–Crippen MR) is 61.7 cm³/mol. The lowest BCUT2D eigenvalue weighted by Crippen LogP contribution is -2.32. The van der Waals surface area contributed by atoms with Gasteiger partial charge in [-0.15, -0.1) is 0 Å². The molecule has 0 aliphatic carbocycles. The van der Waals surface area contributed by atoms with Crippen LogP contribution in [0, 0.1) is 0 Å². The van der Waals surface area contributed by atoms with Crippen molar-refractivity contribution in [3.63, 3.8) is 0 Å². The fraction of sp³-hybridized carbons (Fsp3) is 0.583. The van der Waals surface area contributed by atoms with E-state index >= 15 is 0 Å². The maximum Gasteiger partial charge on any atom is 0.0667 e. The van der Waals surface area contributed by atoms with Crippen LogP contribution in [0.5, 0.6) is 0 Å². The Balaban J connectivity index is 2.19. The van der Waals surface area contributed by atoms with Crippen molar-refractivity contribution >= 4 is 0 Å². The van der Waals surface area contributed by atoms with E-state index in [-0.39, 0.29) is 6.10 Å². The first kappa shape index (κ1) is 12.1. The monoisotopic (exact) mass is 208 g/mol. The van der Waals surface area contributed by atoms with Crippen LogP contribution in [0.25, 0.3) is 0 Å². The predicted octanol–water partition coefficient (Wildman–Crippen LogP) is 1.37. The lowest BCUT2D eigenvalue weighted by molar-refractivity contribution is 0.159. The number of aryl methyl sites for hydroxylation is 1. The van der Waals surface area contributed by atoms with E-state index in [2.05, 4.69) is 24.1 Å². The minimum Gasteiger partial charge on any atom is -0.392 e. The van der Waals surface area contributed by atoms with Gasteiger partial charge in [0, 0.05) is 25.0 Å². The average molecular weight is 208 g/mol. The molecule has 1 unspecified atom stereocenters. The van der Waals surface area contributed by atoms with Gasteiger partial charge in [0.2, 0.25) is 0 Å². The van der Waals surface area contributed by atoms with E-state index < -0.39 is 0 Å². The first-order valence-corrected chi connectivity index (χ1v) is 5.49. The molecule has 84 valence electrons. The van der Waals surface area contributed by atoms with Crippen LogP contribution in [0.1, 0.15) is 25.8 Å². The van der Waals surface area contributed by atoms with Gasteiger partial charge in [-0.2, -0.15) is 0 Å². The Bertz CT molecular complexity index is 262. The number of rotatable bonds is 6. The minimum atomic E-state index is -0.263. The van der Waals surface area contributed by atoms with E-state index in [4.69, 9.17) is 0 Å². The van der Waals surface area contributed by atoms with Crippen LogP contribution < -0.4 is 5.32 Å². The van der Waals surface area contributed by atoms with Crippen LogP contribution in [-0.2, 0) is 6.42 Å². The van der Waals surface area contributed by atoms with E-state index in [1.54, 1.807) is 12.4 Å². The summed E-state index contributed by atoms with van der Waals surface area (Å²) in [7, 11) is 0. The van der Waals surface area contributed by atoms with Crippen LogP contribution in [-0.4, -0.2) is 28.8 Å². The summed E-state index contributed by atoms with van der Waals surface area (Å²) < 4.78 is 0. The first-order valence-electron chi connectivity index (χ1n) is 5.49. The second-order valence-corrected chi connectivity index (χ2v) is 4.11. The third kappa shape index (κ3) is 5.50. The summed E-state index contributed by atoms with van der Waals surface area (Å²) >= 11 is 0. The second kappa shape index (κ2) is 6.53. The molecule has 0 aliphatic heterocycles. The molecular weight excluding hydrogens is 188 g/mol. The SMILES string of the molecule is CC(C)NCC(O)CCc1ccncc1. The number of aliphatic hydroxyl groups excluding tert-OH is 1. The quantitative estimate of drug-likeness (QED) is 0.742. The highest BCUT2D eigenvalue weighted by Crippen LogP contribution is 2.03. The third-order valence-electron chi connectivity index (χ3n) is 2.28. The molecule has 2 N–H and O–H groups in total. The molecule has 3 heteroatoms. The van der Waals surface area contributed by atoms with Gasteiger partial charge in [0.1, 0.15) is 0 Å². The fourth-order valence-electron chi connectivity index (χ4n) is 1.36. The zero-order chi connectivity index (χ0) is 11.1. The largest absolute Gasteiger partial charge is 0.392 e. The molecule has 1 aromatic heterocycles. The summed E-state index contributed by atoms with van der Waals surface area (Å²) in [5.74, 6) is 0. The normalized spacial score (nSPS) is 13.1. The van der Waals surface area contributed by atoms with Crippen molar-refractivity contribution < 1.29 is 5.11 Å². The lowest BCUT2D eigenvalue weighted by atomic mass is 10.1. The Morgan fingerprint density at radius 3 is 2.60 bits per heavy atom. The smallest absolute Gasteiger partial charge is 0.0667 e. The maximum atomic E-state index is 9.68. The van der Waals surface area contributed by atoms with Crippen molar-refractivity contribution in [3.8, 4) is 0 Å². The zero-order valence-electron chi connectivity index (χ0n) is 9.48. The Morgan fingerprint density at radius 2 is 2.00 bits per heavy atom. The topological polar surface area (TPSA) is 45.1 Å². The van der Waals surface area contributed by atoms with Crippen molar-refractivity contribution in [2.45, 2.75) is 38.8 Å². The summed E-state index contributed by atoms with van der Waals surface area (Å²) in [6.07, 6.45) is 5.01. The van der Waals surface area contributed by atoms with Gasteiger partial charge in [0.15, 0.2) is 0 Å². The summed E-state index contributed by atoms with van der Waals surface area (Å²) in [6.45, 7) is 4.83. The standard InChI is InChI=1S/C12H20N2O/c1-10(2)14-9-12(15)4-3-11-5-7-13-8-6-11/h5-8,10,12,14-15H,3-4,9H2,1-2H3. The minimum absolute atomic E-state index is 0.263. The van der Waals surface area contributed by atoms with E-state index in [1.807, 2.05) is 12.1 Å². The second-order valence-electron chi connectivity index (χ2n) is 4.11. The number of hydrogen-bond donors (Lipinski definition) is 2. The third-order valence-corrected chi connectivity index (χ3v) is 2.28. The highest BCUT2D eigenvalue weighted by atomic mass is 16.3. The number of nitrogens with zero attached hydrogens (tertiary/aromatic N) is 1. The Morgan fingerprint density at radius 1 is 1.33 bits per heavy atom. The van der Waals surface area contributed by atoms with Crippen LogP contribution in [0.3, 0.4) is 0 Å². The number of aromatic nitrogens is 1. The van der Waals surface area contributed by atoms with Gasteiger partial charge in [-0.05, 0) is 30.5 Å². The molecule has 0 fully saturated rings. The van der Waals surface area contributed by atoms with Gasteiger partial charge >= 0.3 is 0 Å². The fourth-order valence-corrected chi connectivity index (χ4v) is 1.36. The van der Waals surface area contributed by atoms with Crippen LogP contribution in [0.4, 0.5) is 0 Å². The molecule has 0 bridgehead atoms. The lowest BCUT2D eigenvalue weighted by Gasteiger charge is -2.13. The van der Waals surface area contributed by atoms with Crippen molar-refractivity contribution in [2.24, 2.45) is 0 Å². The molecule has 0 saturated carbocycles. The Hall–Kier alpha value is -0.930. The maximum absolute atomic E-state index is 9.68. The van der Waals surface area contributed by atoms with Gasteiger partial charge < -0.3 is 10.4 Å². The molecule has 0 amide bonds. The molecule has 3 nitrogen and oxygen atoms in total. The van der Waals surface area contributed by atoms with E-state index in [1.165, 1.54) is 5.56 Å². The van der Waals surface area contributed by atoms with Crippen molar-refractivity contribution in [1.82, 2.24) is 10.3 Å². The van der Waals surface area contributed by atoms with Gasteiger partial charge in [-0.1, -0.05) is 13.8 Å². The molecule has 15 heavy (non-hydrogen) atoms. The molecule has 1 aromatic rings. The van der Waals surface area contributed by atoms with Crippen molar-refractivity contribution in [3.05, 3.63) is 30.1 Å². The molecule has 0 spiro atoms. The van der Waals surface area contributed by atoms with Crippen LogP contribution in [0.15, 0.2) is 24.5 Å². The van der Waals surface area contributed by atoms with Crippen molar-refractivity contribution in [2.75, 3.05) is 6.54 Å². The van der Waals surface area contributed by atoms with E-state index in [9.17, 15) is 5.11 Å². The van der Waals surface area contributed by atoms with Crippen molar-refractivity contribution in [1.29, 1.82) is 0 Å². The van der Waals surface area contributed by atoms with E-state index in [0.717, 1.165) is 12.8 Å². The number of nitrogens with one attached hydrogen (secondary N) is 1. The number of aliphatic hydroxyl groups is 1. The Labute approximate surface area is 91.5 Å².